The van der Waals surface area contributed by atoms with Crippen molar-refractivity contribution in [2.45, 2.75) is 13.3 Å². The highest BCUT2D eigenvalue weighted by atomic mass is 32.1. The van der Waals surface area contributed by atoms with Gasteiger partial charge in [-0.2, -0.15) is 0 Å². The number of carbonyl (C=O) groups excluding carboxylic acids is 1. The average Bonchev–Trinajstić information content (AvgIpc) is 3.10. The highest BCUT2D eigenvalue weighted by Gasteiger charge is 2.23. The van der Waals surface area contributed by atoms with Crippen molar-refractivity contribution < 1.29 is 4.79 Å². The molecule has 27 heavy (non-hydrogen) atoms. The number of thiazole rings is 1. The molecule has 4 heterocycles. The minimum Gasteiger partial charge on any atom is -0.339 e. The molecule has 1 saturated heterocycles. The van der Waals surface area contributed by atoms with Crippen molar-refractivity contribution >= 4 is 23.2 Å². The van der Waals surface area contributed by atoms with Crippen molar-refractivity contribution in [3.63, 3.8) is 0 Å². The van der Waals surface area contributed by atoms with Crippen molar-refractivity contribution in [1.82, 2.24) is 24.8 Å². The quantitative estimate of drug-likeness (QED) is 0.691. The third-order valence-electron chi connectivity index (χ3n) is 4.60. The minimum atomic E-state index is 0.150. The highest BCUT2D eigenvalue weighted by Crippen LogP contribution is 2.28. The summed E-state index contributed by atoms with van der Waals surface area (Å²) in [6.45, 7) is 4.84. The zero-order valence-corrected chi connectivity index (χ0v) is 15.9. The van der Waals surface area contributed by atoms with Gasteiger partial charge in [-0.1, -0.05) is 0 Å². The number of rotatable bonds is 4. The lowest BCUT2D eigenvalue weighted by molar-refractivity contribution is -0.130. The van der Waals surface area contributed by atoms with Crippen LogP contribution in [0.3, 0.4) is 0 Å². The number of carbonyl (C=O) groups is 1. The van der Waals surface area contributed by atoms with E-state index in [4.69, 9.17) is 0 Å². The van der Waals surface area contributed by atoms with Crippen molar-refractivity contribution in [2.24, 2.45) is 0 Å². The second-order valence-electron chi connectivity index (χ2n) is 6.36. The molecule has 0 saturated carbocycles. The first-order chi connectivity index (χ1) is 13.2. The second-order valence-corrected chi connectivity index (χ2v) is 7.44. The maximum atomic E-state index is 12.8. The largest absolute Gasteiger partial charge is 0.339 e. The van der Waals surface area contributed by atoms with E-state index >= 15 is 0 Å². The summed E-state index contributed by atoms with van der Waals surface area (Å²) in [5, 5.41) is 0.934. The zero-order chi connectivity index (χ0) is 18.6. The molecule has 0 atom stereocenters. The Morgan fingerprint density at radius 2 is 1.78 bits per heavy atom. The third-order valence-corrected chi connectivity index (χ3v) is 5.81. The molecule has 3 aromatic rings. The first kappa shape index (κ1) is 17.5. The van der Waals surface area contributed by atoms with E-state index in [9.17, 15) is 4.79 Å². The molecule has 7 nitrogen and oxygen atoms in total. The lowest BCUT2D eigenvalue weighted by Gasteiger charge is -2.34. The highest BCUT2D eigenvalue weighted by molar-refractivity contribution is 7.15. The lowest BCUT2D eigenvalue weighted by Crippen LogP contribution is -2.49. The van der Waals surface area contributed by atoms with Gasteiger partial charge in [-0.05, 0) is 25.1 Å². The van der Waals surface area contributed by atoms with Gasteiger partial charge in [0.05, 0.1) is 12.1 Å². The molecule has 0 aliphatic carbocycles. The Morgan fingerprint density at radius 1 is 1.07 bits per heavy atom. The third kappa shape index (κ3) is 3.95. The van der Waals surface area contributed by atoms with Crippen LogP contribution in [0.2, 0.25) is 0 Å². The Kier molecular flexibility index (Phi) is 5.06. The Hall–Kier alpha value is -2.87. The molecule has 8 heteroatoms. The van der Waals surface area contributed by atoms with Gasteiger partial charge in [0.25, 0.3) is 0 Å². The number of piperazine rings is 1. The van der Waals surface area contributed by atoms with Crippen molar-refractivity contribution in [2.75, 3.05) is 31.1 Å². The van der Waals surface area contributed by atoms with Crippen molar-refractivity contribution in [3.8, 4) is 10.6 Å². The van der Waals surface area contributed by atoms with Crippen LogP contribution in [-0.4, -0.2) is 56.9 Å². The Morgan fingerprint density at radius 3 is 2.48 bits per heavy atom. The number of hydrogen-bond donors (Lipinski definition) is 0. The predicted octanol–water partition coefficient (Wildman–Crippen LogP) is 2.19. The maximum Gasteiger partial charge on any atom is 0.228 e. The summed E-state index contributed by atoms with van der Waals surface area (Å²) in [6, 6.07) is 5.68. The van der Waals surface area contributed by atoms with Crippen LogP contribution in [0.15, 0.2) is 43.0 Å². The topological polar surface area (TPSA) is 75.1 Å². The van der Waals surface area contributed by atoms with Crippen LogP contribution in [0.4, 0.5) is 5.95 Å². The summed E-state index contributed by atoms with van der Waals surface area (Å²) in [6.07, 6.45) is 7.40. The van der Waals surface area contributed by atoms with E-state index < -0.39 is 0 Å². The first-order valence-electron chi connectivity index (χ1n) is 8.87. The van der Waals surface area contributed by atoms with Gasteiger partial charge in [-0.15, -0.1) is 11.3 Å². The van der Waals surface area contributed by atoms with Crippen LogP contribution in [-0.2, 0) is 11.2 Å². The van der Waals surface area contributed by atoms with Gasteiger partial charge in [0.2, 0.25) is 11.9 Å². The molecular formula is C19H20N6OS. The van der Waals surface area contributed by atoms with E-state index in [-0.39, 0.29) is 5.91 Å². The van der Waals surface area contributed by atoms with E-state index in [1.807, 2.05) is 24.0 Å². The van der Waals surface area contributed by atoms with Gasteiger partial charge < -0.3 is 9.80 Å². The normalized spacial score (nSPS) is 14.4. The Balaban J connectivity index is 1.38. The van der Waals surface area contributed by atoms with Gasteiger partial charge in [0, 0.05) is 61.4 Å². The van der Waals surface area contributed by atoms with Gasteiger partial charge in [-0.25, -0.2) is 15.0 Å². The molecule has 0 N–H and O–H groups in total. The fourth-order valence-corrected chi connectivity index (χ4v) is 4.13. The van der Waals surface area contributed by atoms with Gasteiger partial charge in [0.1, 0.15) is 5.01 Å². The van der Waals surface area contributed by atoms with Crippen LogP contribution in [0.5, 0.6) is 0 Å². The molecule has 1 amide bonds. The molecular weight excluding hydrogens is 360 g/mol. The van der Waals surface area contributed by atoms with Crippen LogP contribution in [0.1, 0.15) is 10.6 Å². The molecule has 0 radical (unpaired) electrons. The lowest BCUT2D eigenvalue weighted by atomic mass is 10.2. The summed E-state index contributed by atoms with van der Waals surface area (Å²) in [4.78, 5) is 35.1. The number of nitrogens with zero attached hydrogens (tertiary/aromatic N) is 6. The second kappa shape index (κ2) is 7.79. The van der Waals surface area contributed by atoms with Crippen LogP contribution in [0.25, 0.3) is 10.6 Å². The molecule has 0 spiro atoms. The predicted molar refractivity (Wildman–Crippen MR) is 105 cm³/mol. The van der Waals surface area contributed by atoms with E-state index in [2.05, 4.69) is 24.8 Å². The molecule has 1 aliphatic rings. The van der Waals surface area contributed by atoms with Crippen molar-refractivity contribution in [1.29, 1.82) is 0 Å². The molecule has 0 bridgehead atoms. The van der Waals surface area contributed by atoms with E-state index in [1.165, 1.54) is 0 Å². The van der Waals surface area contributed by atoms with Gasteiger partial charge in [0.15, 0.2) is 0 Å². The zero-order valence-electron chi connectivity index (χ0n) is 15.1. The summed E-state index contributed by atoms with van der Waals surface area (Å²) in [5.74, 6) is 0.876. The van der Waals surface area contributed by atoms with Gasteiger partial charge in [-0.3, -0.25) is 9.78 Å². The Labute approximate surface area is 161 Å². The molecule has 1 aliphatic heterocycles. The molecule has 4 rings (SSSR count). The average molecular weight is 380 g/mol. The number of anilines is 1. The number of amides is 1. The minimum absolute atomic E-state index is 0.150. The summed E-state index contributed by atoms with van der Waals surface area (Å²) in [7, 11) is 0. The molecule has 0 aromatic carbocycles. The number of pyridine rings is 1. The van der Waals surface area contributed by atoms with Crippen LogP contribution in [0, 0.1) is 6.92 Å². The fourth-order valence-electron chi connectivity index (χ4n) is 3.07. The molecule has 138 valence electrons. The SMILES string of the molecule is Cc1nc(-c2ccncc2)sc1CC(=O)N1CCN(c2ncccn2)CC1. The van der Waals surface area contributed by atoms with Crippen LogP contribution < -0.4 is 4.90 Å². The Bertz CT molecular complexity index is 906. The van der Waals surface area contributed by atoms with E-state index in [1.54, 1.807) is 42.2 Å². The summed E-state index contributed by atoms with van der Waals surface area (Å²) < 4.78 is 0. The number of aromatic nitrogens is 4. The van der Waals surface area contributed by atoms with E-state index in [0.29, 0.717) is 19.5 Å². The number of hydrogen-bond acceptors (Lipinski definition) is 7. The monoisotopic (exact) mass is 380 g/mol. The van der Waals surface area contributed by atoms with Crippen LogP contribution >= 0.6 is 11.3 Å². The summed E-state index contributed by atoms with van der Waals surface area (Å²) >= 11 is 1.59. The number of aryl methyl sites for hydroxylation is 1. The smallest absolute Gasteiger partial charge is 0.228 e. The maximum absolute atomic E-state index is 12.8. The molecule has 1 fully saturated rings. The van der Waals surface area contributed by atoms with Crippen molar-refractivity contribution in [3.05, 3.63) is 53.6 Å². The molecule has 0 unspecified atom stereocenters. The fraction of sp³-hybridized carbons (Fsp3) is 0.316. The van der Waals surface area contributed by atoms with Gasteiger partial charge >= 0.3 is 0 Å². The summed E-state index contributed by atoms with van der Waals surface area (Å²) in [5.41, 5.74) is 1.96. The van der Waals surface area contributed by atoms with E-state index in [0.717, 1.165) is 40.2 Å². The standard InChI is InChI=1S/C19H20N6OS/c1-14-16(27-18(23-14)15-3-7-20-8-4-15)13-17(26)24-9-11-25(12-10-24)19-21-5-2-6-22-19/h2-8H,9-13H2,1H3. The first-order valence-corrected chi connectivity index (χ1v) is 9.69. The molecule has 3 aromatic heterocycles.